The molecule has 0 aliphatic carbocycles. The predicted molar refractivity (Wildman–Crippen MR) is 62.3 cm³/mol. The smallest absolute Gasteiger partial charge is 0.0537 e. The summed E-state index contributed by atoms with van der Waals surface area (Å²) in [6.07, 6.45) is 12.2. The first-order chi connectivity index (χ1) is 7.27. The first-order valence-electron chi connectivity index (χ1n) is 5.43. The van der Waals surface area contributed by atoms with E-state index in [1.807, 2.05) is 24.1 Å². The Labute approximate surface area is 91.9 Å². The van der Waals surface area contributed by atoms with Crippen LogP contribution in [0, 0.1) is 12.3 Å². The molecule has 0 aliphatic heterocycles. The average Bonchev–Trinajstić information content (AvgIpc) is 2.65. The molecule has 1 N–H and O–H groups in total. The molecule has 1 atom stereocenters. The van der Waals surface area contributed by atoms with E-state index in [0.717, 1.165) is 25.8 Å². The topological polar surface area (TPSA) is 29.9 Å². The van der Waals surface area contributed by atoms with E-state index in [2.05, 4.69) is 23.3 Å². The lowest BCUT2D eigenvalue weighted by molar-refractivity contribution is 0.505. The van der Waals surface area contributed by atoms with Crippen molar-refractivity contribution in [2.24, 2.45) is 7.05 Å². The van der Waals surface area contributed by atoms with Gasteiger partial charge in [-0.05, 0) is 19.4 Å². The van der Waals surface area contributed by atoms with Gasteiger partial charge in [-0.15, -0.1) is 12.3 Å². The standard InChI is InChI=1S/C12H19N3/c1-4-6-7-12(13-8-5-2)11-9-14-15(3)10-11/h1,9-10,12-13H,5-8H2,2-3H3. The first kappa shape index (κ1) is 11.8. The van der Waals surface area contributed by atoms with Gasteiger partial charge in [-0.25, -0.2) is 0 Å². The van der Waals surface area contributed by atoms with E-state index in [4.69, 9.17) is 6.42 Å². The van der Waals surface area contributed by atoms with E-state index < -0.39 is 0 Å². The molecule has 0 fully saturated rings. The molecule has 1 rings (SSSR count). The predicted octanol–water partition coefficient (Wildman–Crippen LogP) is 1.87. The SMILES string of the molecule is C#CCCC(NCCC)c1cnn(C)c1. The van der Waals surface area contributed by atoms with E-state index in [9.17, 15) is 0 Å². The molecule has 0 aliphatic rings. The van der Waals surface area contributed by atoms with E-state index in [0.29, 0.717) is 6.04 Å². The molecule has 0 saturated heterocycles. The molecule has 0 saturated carbocycles. The lowest BCUT2D eigenvalue weighted by Gasteiger charge is -2.15. The van der Waals surface area contributed by atoms with E-state index >= 15 is 0 Å². The van der Waals surface area contributed by atoms with Crippen LogP contribution in [0.3, 0.4) is 0 Å². The molecule has 15 heavy (non-hydrogen) atoms. The zero-order valence-corrected chi connectivity index (χ0v) is 9.53. The quantitative estimate of drug-likeness (QED) is 0.719. The highest BCUT2D eigenvalue weighted by atomic mass is 15.2. The minimum absolute atomic E-state index is 0.342. The highest BCUT2D eigenvalue weighted by Gasteiger charge is 2.11. The van der Waals surface area contributed by atoms with Gasteiger partial charge in [0, 0.05) is 31.3 Å². The second kappa shape index (κ2) is 6.26. The molecule has 3 heteroatoms. The van der Waals surface area contributed by atoms with Crippen LogP contribution in [0.25, 0.3) is 0 Å². The second-order valence-corrected chi connectivity index (χ2v) is 3.70. The molecular formula is C12H19N3. The number of terminal acetylenes is 1. The number of nitrogens with one attached hydrogen (secondary N) is 1. The largest absolute Gasteiger partial charge is 0.310 e. The van der Waals surface area contributed by atoms with Crippen molar-refractivity contribution < 1.29 is 0 Å². The second-order valence-electron chi connectivity index (χ2n) is 3.70. The van der Waals surface area contributed by atoms with Crippen LogP contribution < -0.4 is 5.32 Å². The summed E-state index contributed by atoms with van der Waals surface area (Å²) in [5.41, 5.74) is 1.22. The van der Waals surface area contributed by atoms with Crippen LogP contribution in [0.5, 0.6) is 0 Å². The molecule has 1 unspecified atom stereocenters. The van der Waals surface area contributed by atoms with Gasteiger partial charge in [-0.1, -0.05) is 6.92 Å². The Morgan fingerprint density at radius 2 is 2.47 bits per heavy atom. The maximum Gasteiger partial charge on any atom is 0.0537 e. The molecule has 3 nitrogen and oxygen atoms in total. The highest BCUT2D eigenvalue weighted by Crippen LogP contribution is 2.17. The minimum Gasteiger partial charge on any atom is -0.310 e. The van der Waals surface area contributed by atoms with Gasteiger partial charge in [0.2, 0.25) is 0 Å². The number of nitrogens with zero attached hydrogens (tertiary/aromatic N) is 2. The lowest BCUT2D eigenvalue weighted by atomic mass is 10.1. The summed E-state index contributed by atoms with van der Waals surface area (Å²) < 4.78 is 1.83. The van der Waals surface area contributed by atoms with Crippen molar-refractivity contribution in [1.82, 2.24) is 15.1 Å². The third-order valence-corrected chi connectivity index (χ3v) is 2.35. The third kappa shape index (κ3) is 3.77. The number of hydrogen-bond donors (Lipinski definition) is 1. The van der Waals surface area contributed by atoms with Gasteiger partial charge in [0.15, 0.2) is 0 Å². The summed E-state index contributed by atoms with van der Waals surface area (Å²) in [7, 11) is 1.93. The summed E-state index contributed by atoms with van der Waals surface area (Å²) >= 11 is 0. The molecule has 0 bridgehead atoms. The lowest BCUT2D eigenvalue weighted by Crippen LogP contribution is -2.21. The van der Waals surface area contributed by atoms with Crippen LogP contribution in [0.15, 0.2) is 12.4 Å². The maximum absolute atomic E-state index is 5.29. The van der Waals surface area contributed by atoms with Crippen LogP contribution >= 0.6 is 0 Å². The van der Waals surface area contributed by atoms with Gasteiger partial charge in [0.25, 0.3) is 0 Å². The Balaban J connectivity index is 2.59. The highest BCUT2D eigenvalue weighted by molar-refractivity contribution is 5.10. The summed E-state index contributed by atoms with van der Waals surface area (Å²) in [4.78, 5) is 0. The van der Waals surface area contributed by atoms with Crippen molar-refractivity contribution in [3.63, 3.8) is 0 Å². The van der Waals surface area contributed by atoms with E-state index in [1.165, 1.54) is 5.56 Å². The van der Waals surface area contributed by atoms with Gasteiger partial charge in [0.05, 0.1) is 6.20 Å². The van der Waals surface area contributed by atoms with Gasteiger partial charge in [-0.3, -0.25) is 4.68 Å². The summed E-state index contributed by atoms with van der Waals surface area (Å²) in [5, 5.41) is 7.66. The molecule has 0 spiro atoms. The minimum atomic E-state index is 0.342. The van der Waals surface area contributed by atoms with Crippen LogP contribution in [0.1, 0.15) is 37.8 Å². The Morgan fingerprint density at radius 1 is 1.67 bits per heavy atom. The molecule has 0 amide bonds. The fourth-order valence-electron chi connectivity index (χ4n) is 1.55. The summed E-state index contributed by atoms with van der Waals surface area (Å²) in [6.45, 7) is 3.18. The zero-order valence-electron chi connectivity index (χ0n) is 9.53. The molecule has 1 aromatic heterocycles. The maximum atomic E-state index is 5.29. The fourth-order valence-corrected chi connectivity index (χ4v) is 1.55. The Hall–Kier alpha value is -1.27. The number of aryl methyl sites for hydroxylation is 1. The van der Waals surface area contributed by atoms with Crippen LogP contribution in [0.2, 0.25) is 0 Å². The third-order valence-electron chi connectivity index (χ3n) is 2.35. The van der Waals surface area contributed by atoms with E-state index in [-0.39, 0.29) is 0 Å². The Bertz CT molecular complexity index is 322. The first-order valence-corrected chi connectivity index (χ1v) is 5.43. The van der Waals surface area contributed by atoms with Crippen molar-refractivity contribution in [2.75, 3.05) is 6.54 Å². The molecule has 82 valence electrons. The van der Waals surface area contributed by atoms with Crippen LogP contribution in [-0.2, 0) is 7.05 Å². The molecule has 0 radical (unpaired) electrons. The fraction of sp³-hybridized carbons (Fsp3) is 0.583. The number of hydrogen-bond acceptors (Lipinski definition) is 2. The monoisotopic (exact) mass is 205 g/mol. The zero-order chi connectivity index (χ0) is 11.1. The van der Waals surface area contributed by atoms with Crippen molar-refractivity contribution >= 4 is 0 Å². The summed E-state index contributed by atoms with van der Waals surface area (Å²) in [5.74, 6) is 2.68. The van der Waals surface area contributed by atoms with Gasteiger partial charge in [0.1, 0.15) is 0 Å². The van der Waals surface area contributed by atoms with Gasteiger partial charge >= 0.3 is 0 Å². The van der Waals surface area contributed by atoms with Crippen molar-refractivity contribution in [2.45, 2.75) is 32.2 Å². The molecule has 1 aromatic rings. The van der Waals surface area contributed by atoms with Crippen LogP contribution in [-0.4, -0.2) is 16.3 Å². The normalized spacial score (nSPS) is 12.3. The van der Waals surface area contributed by atoms with Crippen molar-refractivity contribution in [1.29, 1.82) is 0 Å². The van der Waals surface area contributed by atoms with Crippen LogP contribution in [0.4, 0.5) is 0 Å². The summed E-state index contributed by atoms with van der Waals surface area (Å²) in [6, 6.07) is 0.342. The Kier molecular flexibility index (Phi) is 4.92. The average molecular weight is 205 g/mol. The van der Waals surface area contributed by atoms with E-state index in [1.54, 1.807) is 0 Å². The molecule has 1 heterocycles. The van der Waals surface area contributed by atoms with Gasteiger partial charge in [-0.2, -0.15) is 5.10 Å². The van der Waals surface area contributed by atoms with Crippen molar-refractivity contribution in [3.05, 3.63) is 18.0 Å². The van der Waals surface area contributed by atoms with Crippen molar-refractivity contribution in [3.8, 4) is 12.3 Å². The molecule has 0 aromatic carbocycles. The molecular weight excluding hydrogens is 186 g/mol. The number of rotatable bonds is 6. The van der Waals surface area contributed by atoms with Gasteiger partial charge < -0.3 is 5.32 Å². The Morgan fingerprint density at radius 3 is 3.00 bits per heavy atom. The number of aromatic nitrogens is 2.